The van der Waals surface area contributed by atoms with Crippen molar-refractivity contribution >= 4 is 6.03 Å². The molecule has 0 saturated carbocycles. The molecule has 1 aliphatic rings. The molecular formula is C5H6N3O. The van der Waals surface area contributed by atoms with Crippen LogP contribution in [0.3, 0.4) is 0 Å². The molecule has 4 nitrogen and oxygen atoms in total. The van der Waals surface area contributed by atoms with E-state index in [1.165, 1.54) is 11.4 Å². The van der Waals surface area contributed by atoms with Crippen molar-refractivity contribution in [2.45, 2.75) is 6.04 Å². The normalized spacial score (nSPS) is 25.6. The van der Waals surface area contributed by atoms with Gasteiger partial charge in [-0.2, -0.15) is 5.26 Å². The molecule has 1 heterocycles. The minimum atomic E-state index is -0.405. The molecule has 47 valence electrons. The molecule has 0 aromatic heterocycles. The van der Waals surface area contributed by atoms with Crippen molar-refractivity contribution < 1.29 is 4.79 Å². The summed E-state index contributed by atoms with van der Waals surface area (Å²) in [5, 5.41) is 10.7. The second kappa shape index (κ2) is 1.94. The first-order valence-electron chi connectivity index (χ1n) is 2.52. The lowest BCUT2D eigenvalue weighted by molar-refractivity contribution is 0.221. The predicted octanol–water partition coefficient (Wildman–Crippen LogP) is -0.305. The monoisotopic (exact) mass is 124 g/mol. The molecule has 1 radical (unpaired) electrons. The minimum absolute atomic E-state index is 0.221. The lowest BCUT2D eigenvalue weighted by Crippen LogP contribution is -2.28. The van der Waals surface area contributed by atoms with Gasteiger partial charge in [0.1, 0.15) is 6.04 Å². The van der Waals surface area contributed by atoms with E-state index in [-0.39, 0.29) is 6.03 Å². The molecule has 1 aliphatic heterocycles. The highest BCUT2D eigenvalue weighted by Gasteiger charge is 2.26. The Hall–Kier alpha value is -1.24. The fraction of sp³-hybridized carbons (Fsp3) is 0.400. The van der Waals surface area contributed by atoms with Crippen LogP contribution >= 0.6 is 0 Å². The summed E-state index contributed by atoms with van der Waals surface area (Å²) in [5.74, 6) is 0. The van der Waals surface area contributed by atoms with Gasteiger partial charge in [0.15, 0.2) is 0 Å². The summed E-state index contributed by atoms with van der Waals surface area (Å²) in [7, 11) is 1.58. The molecule has 0 bridgehead atoms. The Bertz CT molecular complexity index is 172. The smallest absolute Gasteiger partial charge is 0.318 e. The molecule has 0 aliphatic carbocycles. The van der Waals surface area contributed by atoms with Gasteiger partial charge in [0.2, 0.25) is 0 Å². The molecule has 0 spiro atoms. The van der Waals surface area contributed by atoms with Crippen molar-refractivity contribution in [2.75, 3.05) is 7.05 Å². The predicted molar refractivity (Wildman–Crippen MR) is 30.0 cm³/mol. The van der Waals surface area contributed by atoms with E-state index in [0.29, 0.717) is 0 Å². The molecule has 2 amide bonds. The average Bonchev–Trinajstić information content (AvgIpc) is 2.15. The van der Waals surface area contributed by atoms with Crippen LogP contribution in [0.15, 0.2) is 0 Å². The third-order valence-electron chi connectivity index (χ3n) is 1.23. The third kappa shape index (κ3) is 0.809. The molecule has 1 saturated heterocycles. The van der Waals surface area contributed by atoms with Crippen LogP contribution in [0.2, 0.25) is 0 Å². The Kier molecular flexibility index (Phi) is 1.27. The van der Waals surface area contributed by atoms with Crippen LogP contribution in [0.25, 0.3) is 0 Å². The first-order valence-corrected chi connectivity index (χ1v) is 2.52. The molecule has 1 N–H and O–H groups in total. The number of hydrogen-bond acceptors (Lipinski definition) is 2. The lowest BCUT2D eigenvalue weighted by Gasteiger charge is -2.07. The Labute approximate surface area is 53.1 Å². The number of nitrogens with zero attached hydrogens (tertiary/aromatic N) is 2. The van der Waals surface area contributed by atoms with Crippen molar-refractivity contribution in [1.82, 2.24) is 10.2 Å². The maximum absolute atomic E-state index is 10.6. The highest BCUT2D eigenvalue weighted by Crippen LogP contribution is 2.04. The lowest BCUT2D eigenvalue weighted by atomic mass is 10.3. The summed E-state index contributed by atoms with van der Waals surface area (Å²) in [6, 6.07) is 1.31. The Morgan fingerprint density at radius 3 is 2.89 bits per heavy atom. The molecule has 9 heavy (non-hydrogen) atoms. The molecule has 1 fully saturated rings. The van der Waals surface area contributed by atoms with Crippen molar-refractivity contribution in [3.8, 4) is 6.07 Å². The molecular weight excluding hydrogens is 118 g/mol. The standard InChI is InChI=1S/C5H6N3O/c1-8-4(2-6)3-7-5(8)9/h3-4H,1H3,(H,7,9). The zero-order chi connectivity index (χ0) is 6.85. The van der Waals surface area contributed by atoms with E-state index in [4.69, 9.17) is 5.26 Å². The van der Waals surface area contributed by atoms with Gasteiger partial charge in [-0.05, 0) is 0 Å². The SMILES string of the molecule is CN1C(=O)N[CH]C1C#N. The second-order valence-corrected chi connectivity index (χ2v) is 1.80. The van der Waals surface area contributed by atoms with Gasteiger partial charge in [0, 0.05) is 7.05 Å². The number of rotatable bonds is 0. The molecule has 0 aromatic rings. The van der Waals surface area contributed by atoms with Gasteiger partial charge in [0.25, 0.3) is 0 Å². The van der Waals surface area contributed by atoms with E-state index in [1.807, 2.05) is 6.07 Å². The van der Waals surface area contributed by atoms with Gasteiger partial charge < -0.3 is 10.2 Å². The summed E-state index contributed by atoms with van der Waals surface area (Å²) in [5.41, 5.74) is 0. The van der Waals surface area contributed by atoms with Crippen LogP contribution in [0.4, 0.5) is 4.79 Å². The number of nitriles is 1. The first kappa shape index (κ1) is 5.89. The summed E-state index contributed by atoms with van der Waals surface area (Å²) in [6.45, 7) is 1.46. The van der Waals surface area contributed by atoms with Crippen molar-refractivity contribution in [3.63, 3.8) is 0 Å². The molecule has 1 rings (SSSR count). The van der Waals surface area contributed by atoms with E-state index in [2.05, 4.69) is 5.32 Å². The van der Waals surface area contributed by atoms with Gasteiger partial charge in [-0.3, -0.25) is 0 Å². The number of likely N-dealkylation sites (N-methyl/N-ethyl adjacent to an activating group) is 1. The summed E-state index contributed by atoms with van der Waals surface area (Å²) < 4.78 is 0. The fourth-order valence-electron chi connectivity index (χ4n) is 0.614. The van der Waals surface area contributed by atoms with Gasteiger partial charge >= 0.3 is 6.03 Å². The van der Waals surface area contributed by atoms with Crippen LogP contribution in [0.1, 0.15) is 0 Å². The number of carbonyl (C=O) groups is 1. The number of carbonyl (C=O) groups excluding carboxylic acids is 1. The van der Waals surface area contributed by atoms with Gasteiger partial charge in [-0.25, -0.2) is 4.79 Å². The van der Waals surface area contributed by atoms with Crippen LogP contribution in [0.5, 0.6) is 0 Å². The molecule has 1 atom stereocenters. The second-order valence-electron chi connectivity index (χ2n) is 1.80. The first-order chi connectivity index (χ1) is 4.25. The van der Waals surface area contributed by atoms with E-state index in [9.17, 15) is 4.79 Å². The topological polar surface area (TPSA) is 56.1 Å². The van der Waals surface area contributed by atoms with Crippen molar-refractivity contribution in [3.05, 3.63) is 6.54 Å². The Morgan fingerprint density at radius 2 is 2.67 bits per heavy atom. The van der Waals surface area contributed by atoms with Crippen LogP contribution < -0.4 is 5.32 Å². The number of hydrogen-bond donors (Lipinski definition) is 1. The number of amides is 2. The zero-order valence-electron chi connectivity index (χ0n) is 4.96. The summed E-state index contributed by atoms with van der Waals surface area (Å²) in [4.78, 5) is 11.9. The van der Waals surface area contributed by atoms with Gasteiger partial charge in [0.05, 0.1) is 12.6 Å². The maximum atomic E-state index is 10.6. The minimum Gasteiger partial charge on any atom is -0.330 e. The van der Waals surface area contributed by atoms with Crippen LogP contribution in [-0.2, 0) is 0 Å². The van der Waals surface area contributed by atoms with E-state index < -0.39 is 6.04 Å². The van der Waals surface area contributed by atoms with E-state index in [0.717, 1.165) is 0 Å². The van der Waals surface area contributed by atoms with Gasteiger partial charge in [-0.15, -0.1) is 0 Å². The largest absolute Gasteiger partial charge is 0.330 e. The van der Waals surface area contributed by atoms with Crippen molar-refractivity contribution in [1.29, 1.82) is 5.26 Å². The number of urea groups is 1. The molecule has 1 unspecified atom stereocenters. The van der Waals surface area contributed by atoms with Gasteiger partial charge in [-0.1, -0.05) is 0 Å². The van der Waals surface area contributed by atoms with E-state index in [1.54, 1.807) is 7.05 Å². The summed E-state index contributed by atoms with van der Waals surface area (Å²) in [6.07, 6.45) is 0. The summed E-state index contributed by atoms with van der Waals surface area (Å²) >= 11 is 0. The highest BCUT2D eigenvalue weighted by molar-refractivity contribution is 5.78. The quantitative estimate of drug-likeness (QED) is 0.481. The van der Waals surface area contributed by atoms with Crippen LogP contribution in [0, 0.1) is 17.9 Å². The van der Waals surface area contributed by atoms with Crippen molar-refractivity contribution in [2.24, 2.45) is 0 Å². The Balaban J connectivity index is 2.64. The highest BCUT2D eigenvalue weighted by atomic mass is 16.2. The van der Waals surface area contributed by atoms with E-state index >= 15 is 0 Å². The molecule has 4 heteroatoms. The average molecular weight is 124 g/mol. The number of nitrogens with one attached hydrogen (secondary N) is 1. The maximum Gasteiger partial charge on any atom is 0.318 e. The van der Waals surface area contributed by atoms with Crippen LogP contribution in [-0.4, -0.2) is 24.0 Å². The Morgan fingerprint density at radius 1 is 2.00 bits per heavy atom. The third-order valence-corrected chi connectivity index (χ3v) is 1.23. The fourth-order valence-corrected chi connectivity index (χ4v) is 0.614. The zero-order valence-corrected chi connectivity index (χ0v) is 4.96. The molecule has 0 aromatic carbocycles.